The van der Waals surface area contributed by atoms with Crippen molar-refractivity contribution >= 4 is 18.0 Å². The van der Waals surface area contributed by atoms with E-state index in [0.717, 1.165) is 6.42 Å². The molecule has 1 aliphatic heterocycles. The summed E-state index contributed by atoms with van der Waals surface area (Å²) in [6.07, 6.45) is 4.65. The first-order valence-electron chi connectivity index (χ1n) is 10.5. The summed E-state index contributed by atoms with van der Waals surface area (Å²) in [6.45, 7) is 12.3. The largest absolute Gasteiger partial charge is 0.480 e. The maximum atomic E-state index is 13.2. The molecule has 0 radical (unpaired) electrons. The van der Waals surface area contributed by atoms with Gasteiger partial charge in [0.2, 0.25) is 5.91 Å². The monoisotopic (exact) mass is 426 g/mol. The number of ether oxygens (including phenoxy) is 2. The van der Waals surface area contributed by atoms with E-state index >= 15 is 0 Å². The van der Waals surface area contributed by atoms with Gasteiger partial charge in [0.1, 0.15) is 11.6 Å². The SMILES string of the molecule is C/C=C\[C@@H]1C[C@H](C(=O)O)N(C(=O)OC(C)(C)C)[C@H]1[C@@H](NC(C)=O)[C@](C)(CCC)OC. The van der Waals surface area contributed by atoms with Crippen molar-refractivity contribution in [2.24, 2.45) is 5.92 Å². The molecule has 2 N–H and O–H groups in total. The Morgan fingerprint density at radius 3 is 2.27 bits per heavy atom. The lowest BCUT2D eigenvalue weighted by Gasteiger charge is -2.44. The molecular weight excluding hydrogens is 388 g/mol. The Morgan fingerprint density at radius 2 is 1.87 bits per heavy atom. The van der Waals surface area contributed by atoms with Crippen molar-refractivity contribution in [3.8, 4) is 0 Å². The Hall–Kier alpha value is -2.09. The number of aliphatic carboxylic acids is 1. The van der Waals surface area contributed by atoms with Gasteiger partial charge < -0.3 is 19.9 Å². The summed E-state index contributed by atoms with van der Waals surface area (Å²) in [7, 11) is 1.57. The smallest absolute Gasteiger partial charge is 0.411 e. The third-order valence-electron chi connectivity index (χ3n) is 5.49. The molecule has 8 nitrogen and oxygen atoms in total. The van der Waals surface area contributed by atoms with Gasteiger partial charge in [-0.3, -0.25) is 9.69 Å². The Morgan fingerprint density at radius 1 is 1.27 bits per heavy atom. The third-order valence-corrected chi connectivity index (χ3v) is 5.49. The minimum absolute atomic E-state index is 0.228. The number of carbonyl (C=O) groups is 3. The summed E-state index contributed by atoms with van der Waals surface area (Å²) in [5.74, 6) is -1.66. The summed E-state index contributed by atoms with van der Waals surface area (Å²) in [5, 5.41) is 12.8. The molecular formula is C22H38N2O6. The molecule has 0 unspecified atom stereocenters. The number of carboxylic acid groups (broad SMARTS) is 1. The van der Waals surface area contributed by atoms with Crippen LogP contribution in [0.2, 0.25) is 0 Å². The van der Waals surface area contributed by atoms with E-state index in [1.807, 2.05) is 32.9 Å². The molecule has 0 aliphatic carbocycles. The van der Waals surface area contributed by atoms with Crippen LogP contribution in [0.3, 0.4) is 0 Å². The van der Waals surface area contributed by atoms with Crippen LogP contribution in [0.25, 0.3) is 0 Å². The van der Waals surface area contributed by atoms with E-state index < -0.39 is 41.4 Å². The maximum absolute atomic E-state index is 13.2. The first-order chi connectivity index (χ1) is 13.8. The Kier molecular flexibility index (Phi) is 8.90. The molecule has 0 aromatic heterocycles. The van der Waals surface area contributed by atoms with Gasteiger partial charge in [-0.1, -0.05) is 25.5 Å². The van der Waals surface area contributed by atoms with E-state index in [4.69, 9.17) is 9.47 Å². The van der Waals surface area contributed by atoms with Crippen molar-refractivity contribution < 1.29 is 29.0 Å². The van der Waals surface area contributed by atoms with Crippen LogP contribution in [-0.2, 0) is 19.1 Å². The van der Waals surface area contributed by atoms with E-state index in [1.165, 1.54) is 11.8 Å². The number of methoxy groups -OCH3 is 1. The number of nitrogens with zero attached hydrogens (tertiary/aromatic N) is 1. The van der Waals surface area contributed by atoms with Crippen LogP contribution >= 0.6 is 0 Å². The zero-order valence-corrected chi connectivity index (χ0v) is 19.5. The molecule has 5 atom stereocenters. The molecule has 172 valence electrons. The number of likely N-dealkylation sites (tertiary alicyclic amines) is 1. The fourth-order valence-electron chi connectivity index (χ4n) is 4.25. The molecule has 0 spiro atoms. The van der Waals surface area contributed by atoms with Gasteiger partial charge in [0.15, 0.2) is 0 Å². The quantitative estimate of drug-likeness (QED) is 0.577. The highest BCUT2D eigenvalue weighted by Gasteiger charge is 2.55. The molecule has 1 heterocycles. The van der Waals surface area contributed by atoms with Crippen LogP contribution in [0.15, 0.2) is 12.2 Å². The highest BCUT2D eigenvalue weighted by molar-refractivity contribution is 5.82. The molecule has 0 aromatic carbocycles. The van der Waals surface area contributed by atoms with Crippen molar-refractivity contribution in [3.05, 3.63) is 12.2 Å². The third kappa shape index (κ3) is 6.20. The molecule has 30 heavy (non-hydrogen) atoms. The molecule has 1 saturated heterocycles. The standard InChI is InChI=1S/C22H38N2O6/c1-9-11-15-13-16(19(26)27)24(20(28)30-21(4,5)6)17(15)18(23-14(3)25)22(7,29-8)12-10-2/h9,11,15-18H,10,12-13H2,1-8H3,(H,23,25)(H,26,27)/b11-9-/t15-,16-,17-,18-,22+/m1/s1. The average Bonchev–Trinajstić information content (AvgIpc) is 2.98. The number of hydrogen-bond acceptors (Lipinski definition) is 5. The Labute approximate surface area is 180 Å². The van der Waals surface area contributed by atoms with Gasteiger partial charge in [0, 0.05) is 20.0 Å². The van der Waals surface area contributed by atoms with Gasteiger partial charge in [0.25, 0.3) is 0 Å². The number of hydrogen-bond donors (Lipinski definition) is 2. The molecule has 0 saturated carbocycles. The predicted octanol–water partition coefficient (Wildman–Crippen LogP) is 3.35. The van der Waals surface area contributed by atoms with Crippen molar-refractivity contribution in [2.75, 3.05) is 7.11 Å². The highest BCUT2D eigenvalue weighted by atomic mass is 16.6. The summed E-state index contributed by atoms with van der Waals surface area (Å²) < 4.78 is 11.4. The van der Waals surface area contributed by atoms with Gasteiger partial charge in [-0.15, -0.1) is 0 Å². The van der Waals surface area contributed by atoms with Crippen LogP contribution in [0, 0.1) is 5.92 Å². The van der Waals surface area contributed by atoms with Gasteiger partial charge >= 0.3 is 12.1 Å². The van der Waals surface area contributed by atoms with Crippen LogP contribution in [-0.4, -0.2) is 64.4 Å². The molecule has 1 aliphatic rings. The lowest BCUT2D eigenvalue weighted by Crippen LogP contribution is -2.64. The number of amides is 2. The topological polar surface area (TPSA) is 105 Å². The van der Waals surface area contributed by atoms with Crippen LogP contribution in [0.1, 0.15) is 67.7 Å². The van der Waals surface area contributed by atoms with Gasteiger partial charge in [-0.2, -0.15) is 0 Å². The zero-order chi connectivity index (χ0) is 23.3. The number of carbonyl (C=O) groups excluding carboxylic acids is 2. The van der Waals surface area contributed by atoms with E-state index in [0.29, 0.717) is 6.42 Å². The lowest BCUT2D eigenvalue weighted by molar-refractivity contribution is -0.143. The van der Waals surface area contributed by atoms with Crippen LogP contribution in [0.4, 0.5) is 4.79 Å². The van der Waals surface area contributed by atoms with E-state index in [1.54, 1.807) is 27.9 Å². The molecule has 1 rings (SSSR count). The van der Waals surface area contributed by atoms with E-state index in [2.05, 4.69) is 5.32 Å². The second-order valence-corrected chi connectivity index (χ2v) is 9.10. The first kappa shape index (κ1) is 25.9. The summed E-state index contributed by atoms with van der Waals surface area (Å²) in [4.78, 5) is 38.6. The fourth-order valence-corrected chi connectivity index (χ4v) is 4.25. The maximum Gasteiger partial charge on any atom is 0.411 e. The summed E-state index contributed by atoms with van der Waals surface area (Å²) in [6, 6.07) is -2.33. The van der Waals surface area contributed by atoms with Crippen LogP contribution in [0.5, 0.6) is 0 Å². The van der Waals surface area contributed by atoms with E-state index in [-0.39, 0.29) is 18.2 Å². The molecule has 0 aromatic rings. The van der Waals surface area contributed by atoms with Crippen molar-refractivity contribution in [1.82, 2.24) is 10.2 Å². The molecule has 2 amide bonds. The van der Waals surface area contributed by atoms with Crippen LogP contribution < -0.4 is 5.32 Å². The number of allylic oxidation sites excluding steroid dienone is 1. The zero-order valence-electron chi connectivity index (χ0n) is 19.5. The minimum Gasteiger partial charge on any atom is -0.480 e. The minimum atomic E-state index is -1.10. The summed E-state index contributed by atoms with van der Waals surface area (Å²) >= 11 is 0. The van der Waals surface area contributed by atoms with Crippen molar-refractivity contribution in [1.29, 1.82) is 0 Å². The fraction of sp³-hybridized carbons (Fsp3) is 0.773. The number of nitrogens with one attached hydrogen (secondary N) is 1. The van der Waals surface area contributed by atoms with E-state index in [9.17, 15) is 19.5 Å². The number of carboxylic acids is 1. The van der Waals surface area contributed by atoms with Gasteiger partial charge in [-0.25, -0.2) is 9.59 Å². The second-order valence-electron chi connectivity index (χ2n) is 9.10. The Balaban J connectivity index is 3.62. The molecule has 0 bridgehead atoms. The normalized spacial score (nSPS) is 25.1. The molecule has 8 heteroatoms. The van der Waals surface area contributed by atoms with Crippen molar-refractivity contribution in [2.45, 2.75) is 97.1 Å². The second kappa shape index (κ2) is 10.3. The average molecular weight is 427 g/mol. The lowest BCUT2D eigenvalue weighted by atomic mass is 9.81. The first-order valence-corrected chi connectivity index (χ1v) is 10.5. The van der Waals surface area contributed by atoms with Gasteiger partial charge in [0.05, 0.1) is 17.7 Å². The Bertz CT molecular complexity index is 657. The highest BCUT2D eigenvalue weighted by Crippen LogP contribution is 2.39. The predicted molar refractivity (Wildman–Crippen MR) is 114 cm³/mol. The van der Waals surface area contributed by atoms with Gasteiger partial charge in [-0.05, 0) is 47.5 Å². The molecule has 1 fully saturated rings. The van der Waals surface area contributed by atoms with Crippen molar-refractivity contribution in [3.63, 3.8) is 0 Å². The summed E-state index contributed by atoms with van der Waals surface area (Å²) in [5.41, 5.74) is -1.60. The number of rotatable bonds is 8.